The molecule has 0 aliphatic carbocycles. The summed E-state index contributed by atoms with van der Waals surface area (Å²) in [5.41, 5.74) is 0.917. The van der Waals surface area contributed by atoms with Crippen LogP contribution in [0.1, 0.15) is 10.4 Å². The predicted octanol–water partition coefficient (Wildman–Crippen LogP) is 3.55. The number of anilines is 2. The SMILES string of the molecule is O=C(Nc1cnccn1)Nc1sc(-c2ccccc2)cc1C(=O)O. The average molecular weight is 340 g/mol. The van der Waals surface area contributed by atoms with Gasteiger partial charge in [0.1, 0.15) is 5.00 Å². The molecule has 120 valence electrons. The number of nitrogens with zero attached hydrogens (tertiary/aromatic N) is 2. The Labute approximate surface area is 141 Å². The van der Waals surface area contributed by atoms with E-state index >= 15 is 0 Å². The average Bonchev–Trinajstić information content (AvgIpc) is 3.00. The number of hydrogen-bond acceptors (Lipinski definition) is 5. The Balaban J connectivity index is 1.83. The standard InChI is InChI=1S/C16H12N4O3S/c21-15(22)11-8-12(10-4-2-1-3-5-10)24-14(11)20-16(23)19-13-9-17-6-7-18-13/h1-9H,(H,21,22)(H2,18,19,20,23). The molecule has 0 unspecified atom stereocenters. The molecule has 0 radical (unpaired) electrons. The van der Waals surface area contributed by atoms with E-state index in [1.165, 1.54) is 29.9 Å². The first-order chi connectivity index (χ1) is 11.6. The summed E-state index contributed by atoms with van der Waals surface area (Å²) in [7, 11) is 0. The van der Waals surface area contributed by atoms with E-state index in [0.717, 1.165) is 10.4 Å². The number of carbonyl (C=O) groups excluding carboxylic acids is 1. The second kappa shape index (κ2) is 6.88. The van der Waals surface area contributed by atoms with Crippen LogP contribution in [0.25, 0.3) is 10.4 Å². The third-order valence-corrected chi connectivity index (χ3v) is 4.15. The Morgan fingerprint density at radius 1 is 1.08 bits per heavy atom. The third-order valence-electron chi connectivity index (χ3n) is 3.05. The minimum Gasteiger partial charge on any atom is -0.478 e. The van der Waals surface area contributed by atoms with Crippen molar-refractivity contribution in [1.82, 2.24) is 9.97 Å². The van der Waals surface area contributed by atoms with Crippen LogP contribution >= 0.6 is 11.3 Å². The largest absolute Gasteiger partial charge is 0.478 e. The third kappa shape index (κ3) is 3.55. The zero-order chi connectivity index (χ0) is 16.9. The smallest absolute Gasteiger partial charge is 0.338 e. The Bertz CT molecular complexity index is 866. The van der Waals surface area contributed by atoms with Crippen LogP contribution in [0.2, 0.25) is 0 Å². The summed E-state index contributed by atoms with van der Waals surface area (Å²) in [5, 5.41) is 14.6. The van der Waals surface area contributed by atoms with Crippen LogP contribution in [0.4, 0.5) is 15.6 Å². The van der Waals surface area contributed by atoms with Gasteiger partial charge in [-0.1, -0.05) is 30.3 Å². The number of urea groups is 1. The number of rotatable bonds is 4. The van der Waals surface area contributed by atoms with E-state index in [-0.39, 0.29) is 16.4 Å². The maximum atomic E-state index is 12.0. The fourth-order valence-corrected chi connectivity index (χ4v) is 3.05. The number of hydrogen-bond donors (Lipinski definition) is 3. The van der Waals surface area contributed by atoms with Crippen LogP contribution in [0.15, 0.2) is 55.0 Å². The highest BCUT2D eigenvalue weighted by Crippen LogP contribution is 2.35. The van der Waals surface area contributed by atoms with Crippen molar-refractivity contribution in [3.8, 4) is 10.4 Å². The van der Waals surface area contributed by atoms with E-state index in [1.807, 2.05) is 30.3 Å². The maximum absolute atomic E-state index is 12.0. The maximum Gasteiger partial charge on any atom is 0.338 e. The first kappa shape index (κ1) is 15.6. The molecule has 0 saturated carbocycles. The van der Waals surface area contributed by atoms with Crippen molar-refractivity contribution >= 4 is 34.2 Å². The Hall–Kier alpha value is -3.26. The van der Waals surface area contributed by atoms with Gasteiger partial charge < -0.3 is 5.11 Å². The summed E-state index contributed by atoms with van der Waals surface area (Å²) in [6, 6.07) is 10.3. The lowest BCUT2D eigenvalue weighted by Crippen LogP contribution is -2.20. The van der Waals surface area contributed by atoms with Crippen LogP contribution < -0.4 is 10.6 Å². The predicted molar refractivity (Wildman–Crippen MR) is 91.4 cm³/mol. The number of aromatic carboxylic acids is 1. The normalized spacial score (nSPS) is 10.2. The summed E-state index contributed by atoms with van der Waals surface area (Å²) >= 11 is 1.19. The fourth-order valence-electron chi connectivity index (χ4n) is 2.00. The molecule has 8 heteroatoms. The van der Waals surface area contributed by atoms with Crippen molar-refractivity contribution in [2.75, 3.05) is 10.6 Å². The van der Waals surface area contributed by atoms with Gasteiger partial charge in [-0.15, -0.1) is 11.3 Å². The van der Waals surface area contributed by atoms with Gasteiger partial charge in [0, 0.05) is 17.3 Å². The van der Waals surface area contributed by atoms with Gasteiger partial charge in [-0.2, -0.15) is 0 Å². The molecule has 1 aromatic carbocycles. The molecule has 0 saturated heterocycles. The molecule has 3 rings (SSSR count). The number of carboxylic acid groups (broad SMARTS) is 1. The monoisotopic (exact) mass is 340 g/mol. The molecular weight excluding hydrogens is 328 g/mol. The molecule has 2 aromatic heterocycles. The Morgan fingerprint density at radius 2 is 1.88 bits per heavy atom. The summed E-state index contributed by atoms with van der Waals surface area (Å²) in [5.74, 6) is -0.838. The van der Waals surface area contributed by atoms with Crippen LogP contribution in [0, 0.1) is 0 Å². The number of amides is 2. The molecule has 0 fully saturated rings. The first-order valence-electron chi connectivity index (χ1n) is 6.90. The summed E-state index contributed by atoms with van der Waals surface area (Å²) < 4.78 is 0. The van der Waals surface area contributed by atoms with E-state index in [1.54, 1.807) is 6.07 Å². The molecule has 0 atom stereocenters. The highest BCUT2D eigenvalue weighted by Gasteiger charge is 2.18. The molecule has 3 aromatic rings. The van der Waals surface area contributed by atoms with Crippen molar-refractivity contribution in [2.45, 2.75) is 0 Å². The van der Waals surface area contributed by atoms with E-state index in [2.05, 4.69) is 20.6 Å². The van der Waals surface area contributed by atoms with Crippen LogP contribution in [-0.2, 0) is 0 Å². The molecule has 24 heavy (non-hydrogen) atoms. The van der Waals surface area contributed by atoms with E-state index in [0.29, 0.717) is 0 Å². The van der Waals surface area contributed by atoms with Crippen LogP contribution in [-0.4, -0.2) is 27.1 Å². The van der Waals surface area contributed by atoms with Gasteiger partial charge in [0.05, 0.1) is 11.8 Å². The van der Waals surface area contributed by atoms with Crippen molar-refractivity contribution in [3.05, 3.63) is 60.6 Å². The van der Waals surface area contributed by atoms with Gasteiger partial charge in [0.25, 0.3) is 0 Å². The number of benzene rings is 1. The Kier molecular flexibility index (Phi) is 4.48. The van der Waals surface area contributed by atoms with E-state index in [4.69, 9.17) is 0 Å². The highest BCUT2D eigenvalue weighted by atomic mass is 32.1. The van der Waals surface area contributed by atoms with Gasteiger partial charge >= 0.3 is 12.0 Å². The summed E-state index contributed by atoms with van der Waals surface area (Å²) in [4.78, 5) is 32.0. The number of nitrogens with one attached hydrogen (secondary N) is 2. The minimum absolute atomic E-state index is 0.0353. The van der Waals surface area contributed by atoms with Crippen molar-refractivity contribution in [1.29, 1.82) is 0 Å². The first-order valence-corrected chi connectivity index (χ1v) is 7.71. The lowest BCUT2D eigenvalue weighted by molar-refractivity contribution is 0.0698. The minimum atomic E-state index is -1.11. The van der Waals surface area contributed by atoms with Gasteiger partial charge in [-0.25, -0.2) is 14.6 Å². The van der Waals surface area contributed by atoms with Crippen LogP contribution in [0.5, 0.6) is 0 Å². The summed E-state index contributed by atoms with van der Waals surface area (Å²) in [6.07, 6.45) is 4.31. The van der Waals surface area contributed by atoms with Gasteiger partial charge in [-0.05, 0) is 11.6 Å². The van der Waals surface area contributed by atoms with Gasteiger partial charge in [-0.3, -0.25) is 15.6 Å². The van der Waals surface area contributed by atoms with Crippen molar-refractivity contribution in [2.24, 2.45) is 0 Å². The molecule has 3 N–H and O–H groups in total. The second-order valence-electron chi connectivity index (χ2n) is 4.69. The fraction of sp³-hybridized carbons (Fsp3) is 0. The zero-order valence-electron chi connectivity index (χ0n) is 12.3. The molecule has 0 aliphatic heterocycles. The van der Waals surface area contributed by atoms with E-state index < -0.39 is 12.0 Å². The molecule has 2 amide bonds. The zero-order valence-corrected chi connectivity index (χ0v) is 13.1. The number of carbonyl (C=O) groups is 2. The molecule has 0 bridgehead atoms. The molecule has 7 nitrogen and oxygen atoms in total. The highest BCUT2D eigenvalue weighted by molar-refractivity contribution is 7.20. The second-order valence-corrected chi connectivity index (χ2v) is 5.75. The van der Waals surface area contributed by atoms with E-state index in [9.17, 15) is 14.7 Å². The van der Waals surface area contributed by atoms with Gasteiger partial charge in [0.15, 0.2) is 5.82 Å². The quantitative estimate of drug-likeness (QED) is 0.674. The van der Waals surface area contributed by atoms with Crippen molar-refractivity contribution in [3.63, 3.8) is 0 Å². The lowest BCUT2D eigenvalue weighted by Gasteiger charge is -2.05. The van der Waals surface area contributed by atoms with Crippen molar-refractivity contribution < 1.29 is 14.7 Å². The number of aromatic nitrogens is 2. The summed E-state index contributed by atoms with van der Waals surface area (Å²) in [6.45, 7) is 0. The van der Waals surface area contributed by atoms with Gasteiger partial charge in [0.2, 0.25) is 0 Å². The number of carboxylic acids is 1. The molecule has 0 aliphatic rings. The lowest BCUT2D eigenvalue weighted by atomic mass is 10.1. The molecule has 2 heterocycles. The van der Waals surface area contributed by atoms with Crippen LogP contribution in [0.3, 0.4) is 0 Å². The number of thiophene rings is 1. The molecular formula is C16H12N4O3S. The molecule has 0 spiro atoms. The Morgan fingerprint density at radius 3 is 2.54 bits per heavy atom. The topological polar surface area (TPSA) is 104 Å².